The predicted octanol–water partition coefficient (Wildman–Crippen LogP) is 2.03. The summed E-state index contributed by atoms with van der Waals surface area (Å²) in [6, 6.07) is 7.66. The van der Waals surface area contributed by atoms with Gasteiger partial charge in [0.25, 0.3) is 0 Å². The van der Waals surface area contributed by atoms with Gasteiger partial charge in [-0.05, 0) is 47.8 Å². The van der Waals surface area contributed by atoms with Crippen molar-refractivity contribution in [2.45, 2.75) is 25.8 Å². The zero-order valence-corrected chi connectivity index (χ0v) is 16.7. The molecule has 26 heavy (non-hydrogen) atoms. The van der Waals surface area contributed by atoms with Gasteiger partial charge < -0.3 is 15.0 Å². The molecule has 1 N–H and O–H groups in total. The normalized spacial score (nSPS) is 22.5. The third-order valence-corrected chi connectivity index (χ3v) is 5.71. The Morgan fingerprint density at radius 2 is 2.04 bits per heavy atom. The van der Waals surface area contributed by atoms with E-state index in [-0.39, 0.29) is 17.9 Å². The number of halogens is 1. The topological polar surface area (TPSA) is 61.9 Å². The number of benzene rings is 1. The Kier molecular flexibility index (Phi) is 6.67. The van der Waals surface area contributed by atoms with Crippen LogP contribution in [-0.4, -0.2) is 62.1 Å². The van der Waals surface area contributed by atoms with Crippen LogP contribution in [0.3, 0.4) is 0 Å². The Morgan fingerprint density at radius 3 is 2.77 bits per heavy atom. The van der Waals surface area contributed by atoms with Crippen molar-refractivity contribution in [1.29, 1.82) is 0 Å². The molecule has 3 rings (SSSR count). The molecule has 2 amide bonds. The molecule has 2 heterocycles. The average molecular weight is 424 g/mol. The van der Waals surface area contributed by atoms with Crippen molar-refractivity contribution in [1.82, 2.24) is 10.2 Å². The molecule has 2 aliphatic heterocycles. The lowest BCUT2D eigenvalue weighted by Gasteiger charge is -2.28. The first-order valence-electron chi connectivity index (χ1n) is 9.22. The third kappa shape index (κ3) is 4.64. The van der Waals surface area contributed by atoms with Crippen LogP contribution in [0, 0.1) is 5.92 Å². The van der Waals surface area contributed by atoms with E-state index in [0.29, 0.717) is 13.0 Å². The first-order chi connectivity index (χ1) is 12.6. The quantitative estimate of drug-likeness (QED) is 0.711. The van der Waals surface area contributed by atoms with Crippen molar-refractivity contribution >= 4 is 33.4 Å². The fraction of sp³-hybridized carbons (Fsp3) is 0.579. The van der Waals surface area contributed by atoms with E-state index in [4.69, 9.17) is 4.74 Å². The second-order valence-electron chi connectivity index (χ2n) is 6.93. The summed E-state index contributed by atoms with van der Waals surface area (Å²) in [6.07, 6.45) is 1.43. The molecule has 1 aromatic rings. The molecule has 2 aliphatic rings. The Bertz CT molecular complexity index is 649. The van der Waals surface area contributed by atoms with Gasteiger partial charge >= 0.3 is 0 Å². The maximum Gasteiger partial charge on any atom is 0.239 e. The predicted molar refractivity (Wildman–Crippen MR) is 104 cm³/mol. The average Bonchev–Trinajstić information content (AvgIpc) is 3.03. The van der Waals surface area contributed by atoms with Crippen LogP contribution < -0.4 is 10.2 Å². The minimum absolute atomic E-state index is 0.0515. The smallest absolute Gasteiger partial charge is 0.239 e. The molecule has 0 aliphatic carbocycles. The van der Waals surface area contributed by atoms with Crippen LogP contribution in [-0.2, 0) is 14.3 Å². The highest BCUT2D eigenvalue weighted by atomic mass is 79.9. The monoisotopic (exact) mass is 423 g/mol. The van der Waals surface area contributed by atoms with Crippen molar-refractivity contribution in [3.63, 3.8) is 0 Å². The molecule has 0 saturated carbocycles. The standard InChI is InChI=1S/C19H26BrN3O3/c1-14(6-8-22-10-12-26-13-11-22)21-18(24)15-7-9-23(19(15)25)17-5-3-2-4-16(17)20/h2-5,14-15H,6-13H2,1H3,(H,21,24). The summed E-state index contributed by atoms with van der Waals surface area (Å²) < 4.78 is 6.22. The van der Waals surface area contributed by atoms with Crippen LogP contribution in [0.2, 0.25) is 0 Å². The number of hydrogen-bond donors (Lipinski definition) is 1. The van der Waals surface area contributed by atoms with Gasteiger partial charge in [-0.1, -0.05) is 12.1 Å². The molecule has 2 unspecified atom stereocenters. The second-order valence-corrected chi connectivity index (χ2v) is 7.79. The third-order valence-electron chi connectivity index (χ3n) is 5.04. The summed E-state index contributed by atoms with van der Waals surface area (Å²) in [6.45, 7) is 6.97. The molecule has 0 spiro atoms. The first-order valence-corrected chi connectivity index (χ1v) is 10.0. The molecule has 0 aromatic heterocycles. The Labute approximate surface area is 163 Å². The maximum absolute atomic E-state index is 12.7. The van der Waals surface area contributed by atoms with Gasteiger partial charge in [-0.25, -0.2) is 0 Å². The lowest BCUT2D eigenvalue weighted by molar-refractivity contribution is -0.132. The molecule has 2 atom stereocenters. The Morgan fingerprint density at radius 1 is 1.31 bits per heavy atom. The molecule has 2 fully saturated rings. The van der Waals surface area contributed by atoms with Crippen molar-refractivity contribution in [2.24, 2.45) is 5.92 Å². The van der Waals surface area contributed by atoms with Gasteiger partial charge in [0, 0.05) is 36.7 Å². The molecule has 1 aromatic carbocycles. The molecule has 0 bridgehead atoms. The Hall–Kier alpha value is -1.44. The first kappa shape index (κ1) is 19.3. The minimum atomic E-state index is -0.590. The molecule has 7 heteroatoms. The summed E-state index contributed by atoms with van der Waals surface area (Å²) in [5.41, 5.74) is 0.827. The molecule has 6 nitrogen and oxygen atoms in total. The number of carbonyl (C=O) groups is 2. The summed E-state index contributed by atoms with van der Waals surface area (Å²) in [7, 11) is 0. The van der Waals surface area contributed by atoms with Gasteiger partial charge in [0.15, 0.2) is 0 Å². The molecular weight excluding hydrogens is 398 g/mol. The zero-order valence-electron chi connectivity index (χ0n) is 15.1. The number of carbonyl (C=O) groups excluding carboxylic acids is 2. The summed E-state index contributed by atoms with van der Waals surface area (Å²) in [4.78, 5) is 29.3. The Balaban J connectivity index is 1.50. The van der Waals surface area contributed by atoms with E-state index in [1.54, 1.807) is 4.90 Å². The fourth-order valence-electron chi connectivity index (χ4n) is 3.45. The zero-order chi connectivity index (χ0) is 18.5. The van der Waals surface area contributed by atoms with Crippen molar-refractivity contribution in [3.8, 4) is 0 Å². The van der Waals surface area contributed by atoms with E-state index in [2.05, 4.69) is 26.1 Å². The van der Waals surface area contributed by atoms with Gasteiger partial charge in [-0.15, -0.1) is 0 Å². The number of ether oxygens (including phenoxy) is 1. The molecule has 142 valence electrons. The van der Waals surface area contributed by atoms with Crippen LogP contribution in [0.5, 0.6) is 0 Å². The number of anilines is 1. The number of rotatable bonds is 6. The maximum atomic E-state index is 12.7. The van der Waals surface area contributed by atoms with Crippen molar-refractivity contribution in [3.05, 3.63) is 28.7 Å². The number of nitrogens with one attached hydrogen (secondary N) is 1. The van der Waals surface area contributed by atoms with E-state index in [1.165, 1.54) is 0 Å². The summed E-state index contributed by atoms with van der Waals surface area (Å²) >= 11 is 3.48. The summed E-state index contributed by atoms with van der Waals surface area (Å²) in [5.74, 6) is -0.859. The molecule has 2 saturated heterocycles. The van der Waals surface area contributed by atoms with Crippen LogP contribution in [0.25, 0.3) is 0 Å². The van der Waals surface area contributed by atoms with E-state index < -0.39 is 5.92 Å². The van der Waals surface area contributed by atoms with Crippen molar-refractivity contribution in [2.75, 3.05) is 44.3 Å². The minimum Gasteiger partial charge on any atom is -0.379 e. The van der Waals surface area contributed by atoms with Crippen LogP contribution in [0.1, 0.15) is 19.8 Å². The largest absolute Gasteiger partial charge is 0.379 e. The van der Waals surface area contributed by atoms with E-state index in [9.17, 15) is 9.59 Å². The van der Waals surface area contributed by atoms with Gasteiger partial charge in [-0.2, -0.15) is 0 Å². The lowest BCUT2D eigenvalue weighted by Crippen LogP contribution is -2.43. The lowest BCUT2D eigenvalue weighted by atomic mass is 10.1. The van der Waals surface area contributed by atoms with Gasteiger partial charge in [0.05, 0.1) is 18.9 Å². The number of para-hydroxylation sites is 1. The molecular formula is C19H26BrN3O3. The summed E-state index contributed by atoms with van der Waals surface area (Å²) in [5, 5.41) is 3.02. The number of amides is 2. The van der Waals surface area contributed by atoms with Crippen molar-refractivity contribution < 1.29 is 14.3 Å². The second kappa shape index (κ2) is 8.97. The number of nitrogens with zero attached hydrogens (tertiary/aromatic N) is 2. The highest BCUT2D eigenvalue weighted by molar-refractivity contribution is 9.10. The van der Waals surface area contributed by atoms with Gasteiger partial charge in [0.1, 0.15) is 5.92 Å². The number of hydrogen-bond acceptors (Lipinski definition) is 4. The highest BCUT2D eigenvalue weighted by Gasteiger charge is 2.38. The van der Waals surface area contributed by atoms with E-state index in [1.807, 2.05) is 31.2 Å². The number of morpholine rings is 1. The SMILES string of the molecule is CC(CCN1CCOCC1)NC(=O)C1CCN(c2ccccc2Br)C1=O. The van der Waals surface area contributed by atoms with Gasteiger partial charge in [0.2, 0.25) is 11.8 Å². The van der Waals surface area contributed by atoms with Crippen LogP contribution >= 0.6 is 15.9 Å². The highest BCUT2D eigenvalue weighted by Crippen LogP contribution is 2.31. The fourth-order valence-corrected chi connectivity index (χ4v) is 3.95. The van der Waals surface area contributed by atoms with Gasteiger partial charge in [-0.3, -0.25) is 14.5 Å². The van der Waals surface area contributed by atoms with E-state index in [0.717, 1.165) is 49.4 Å². The van der Waals surface area contributed by atoms with E-state index >= 15 is 0 Å². The van der Waals surface area contributed by atoms with Crippen LogP contribution in [0.4, 0.5) is 5.69 Å². The van der Waals surface area contributed by atoms with Crippen LogP contribution in [0.15, 0.2) is 28.7 Å². The molecule has 0 radical (unpaired) electrons.